The first kappa shape index (κ1) is 19.2. The zero-order valence-corrected chi connectivity index (χ0v) is 17.2. The Morgan fingerprint density at radius 2 is 1.84 bits per heavy atom. The van der Waals surface area contributed by atoms with E-state index in [0.717, 1.165) is 22.6 Å². The molecule has 1 aliphatic carbocycles. The summed E-state index contributed by atoms with van der Waals surface area (Å²) in [5, 5.41) is 18.0. The van der Waals surface area contributed by atoms with Gasteiger partial charge in [0.2, 0.25) is 5.95 Å². The van der Waals surface area contributed by atoms with E-state index in [0.29, 0.717) is 30.1 Å². The number of nitrogens with one attached hydrogen (secondary N) is 1. The number of benzene rings is 2. The van der Waals surface area contributed by atoms with Crippen LogP contribution >= 0.6 is 0 Å². The number of aromatic hydroxyl groups is 1. The van der Waals surface area contributed by atoms with Crippen molar-refractivity contribution in [3.8, 4) is 17.2 Å². The van der Waals surface area contributed by atoms with Gasteiger partial charge in [-0.25, -0.2) is 4.68 Å². The number of fused-ring (bicyclic) bond motifs is 1. The maximum atomic E-state index is 13.4. The average molecular weight is 418 g/mol. The molecule has 158 valence electrons. The molecule has 8 heteroatoms. The number of hydrogen-bond donors (Lipinski definition) is 2. The largest absolute Gasteiger partial charge is 0.504 e. The van der Waals surface area contributed by atoms with Gasteiger partial charge in [-0.05, 0) is 47.7 Å². The van der Waals surface area contributed by atoms with Gasteiger partial charge in [-0.15, -0.1) is 0 Å². The fraction of sp³-hybridized carbons (Fsp3) is 0.261. The molecule has 0 saturated heterocycles. The van der Waals surface area contributed by atoms with Gasteiger partial charge in [0, 0.05) is 17.7 Å². The zero-order valence-electron chi connectivity index (χ0n) is 17.2. The molecule has 0 fully saturated rings. The number of phenolic OH excluding ortho intramolecular Hbond substituents is 1. The van der Waals surface area contributed by atoms with Crippen LogP contribution in [0.5, 0.6) is 17.2 Å². The molecule has 8 nitrogen and oxygen atoms in total. The van der Waals surface area contributed by atoms with Crippen molar-refractivity contribution < 1.29 is 19.4 Å². The fourth-order valence-electron chi connectivity index (χ4n) is 4.45. The van der Waals surface area contributed by atoms with Crippen LogP contribution < -0.4 is 14.8 Å². The first-order valence-corrected chi connectivity index (χ1v) is 10.0. The Labute approximate surface area is 179 Å². The molecule has 2 atom stereocenters. The number of ketones is 1. The van der Waals surface area contributed by atoms with E-state index >= 15 is 0 Å². The lowest BCUT2D eigenvalue weighted by Gasteiger charge is -2.35. The molecule has 0 radical (unpaired) electrons. The highest BCUT2D eigenvalue weighted by Gasteiger charge is 2.39. The monoisotopic (exact) mass is 418 g/mol. The molecule has 2 aromatic carbocycles. The second-order valence-corrected chi connectivity index (χ2v) is 7.68. The van der Waals surface area contributed by atoms with E-state index in [9.17, 15) is 9.90 Å². The third-order valence-electron chi connectivity index (χ3n) is 5.97. The third-order valence-corrected chi connectivity index (χ3v) is 5.97. The summed E-state index contributed by atoms with van der Waals surface area (Å²) in [7, 11) is 3.13. The van der Waals surface area contributed by atoms with Crippen LogP contribution in [0.25, 0.3) is 0 Å². The number of phenols is 1. The minimum absolute atomic E-state index is 0.0155. The number of methoxy groups -OCH3 is 2. The standard InChI is InChI=1S/C23H22N4O4/c1-30-16-6-3-13(4-7-16)15-9-17-21(19(29)11-15)22(27-23(26-17)24-12-25-27)14-5-8-20(31-2)18(28)10-14/h3-8,10,12,15,22,28H,9,11H2,1-2H3,(H,24,25,26)/t15-,22+/m1/s1. The summed E-state index contributed by atoms with van der Waals surface area (Å²) in [5.41, 5.74) is 3.34. The second-order valence-electron chi connectivity index (χ2n) is 7.68. The Kier molecular flexibility index (Phi) is 4.62. The molecule has 0 amide bonds. The molecule has 1 aromatic heterocycles. The molecular formula is C23H22N4O4. The van der Waals surface area contributed by atoms with Crippen LogP contribution in [-0.4, -0.2) is 39.9 Å². The summed E-state index contributed by atoms with van der Waals surface area (Å²) in [6.07, 6.45) is 2.54. The summed E-state index contributed by atoms with van der Waals surface area (Å²) < 4.78 is 12.1. The first-order chi connectivity index (χ1) is 15.1. The van der Waals surface area contributed by atoms with Crippen molar-refractivity contribution in [2.24, 2.45) is 0 Å². The van der Waals surface area contributed by atoms with Gasteiger partial charge in [-0.1, -0.05) is 18.2 Å². The SMILES string of the molecule is COc1ccc([C@H]2CC(=O)C3=C(C2)Nc2ncnn2[C@H]3c2ccc(OC)c(O)c2)cc1. The second kappa shape index (κ2) is 7.46. The number of anilines is 1. The lowest BCUT2D eigenvalue weighted by Crippen LogP contribution is -2.33. The van der Waals surface area contributed by atoms with Crippen molar-refractivity contribution in [3.05, 3.63) is 71.2 Å². The predicted molar refractivity (Wildman–Crippen MR) is 113 cm³/mol. The van der Waals surface area contributed by atoms with Gasteiger partial charge in [0.1, 0.15) is 18.1 Å². The molecule has 0 bridgehead atoms. The highest BCUT2D eigenvalue weighted by molar-refractivity contribution is 6.00. The van der Waals surface area contributed by atoms with Gasteiger partial charge in [0.15, 0.2) is 17.3 Å². The number of Topliss-reactive ketones (excluding diaryl/α,β-unsaturated/α-hetero) is 1. The summed E-state index contributed by atoms with van der Waals surface area (Å²) in [6, 6.07) is 12.5. The molecule has 3 aromatic rings. The number of nitrogens with zero attached hydrogens (tertiary/aromatic N) is 3. The molecular weight excluding hydrogens is 396 g/mol. The molecule has 2 aliphatic rings. The number of carbonyl (C=O) groups excluding carboxylic acids is 1. The van der Waals surface area contributed by atoms with E-state index in [2.05, 4.69) is 15.4 Å². The molecule has 0 saturated carbocycles. The molecule has 2 N–H and O–H groups in total. The maximum absolute atomic E-state index is 13.4. The Bertz CT molecular complexity index is 1180. The van der Waals surface area contributed by atoms with Gasteiger partial charge in [-0.2, -0.15) is 10.1 Å². The highest BCUT2D eigenvalue weighted by atomic mass is 16.5. The van der Waals surface area contributed by atoms with E-state index in [1.165, 1.54) is 13.4 Å². The molecule has 5 rings (SSSR count). The minimum atomic E-state index is -0.463. The lowest BCUT2D eigenvalue weighted by molar-refractivity contribution is -0.116. The summed E-state index contributed by atoms with van der Waals surface area (Å²) in [5.74, 6) is 1.86. The number of allylic oxidation sites excluding steroid dienone is 2. The van der Waals surface area contributed by atoms with Crippen molar-refractivity contribution >= 4 is 11.7 Å². The number of ether oxygens (including phenoxy) is 2. The lowest BCUT2D eigenvalue weighted by atomic mass is 9.78. The number of rotatable bonds is 4. The minimum Gasteiger partial charge on any atom is -0.504 e. The Hall–Kier alpha value is -3.81. The summed E-state index contributed by atoms with van der Waals surface area (Å²) in [6.45, 7) is 0. The van der Waals surface area contributed by atoms with Crippen molar-refractivity contribution in [1.29, 1.82) is 0 Å². The quantitative estimate of drug-likeness (QED) is 0.670. The van der Waals surface area contributed by atoms with Gasteiger partial charge < -0.3 is 19.9 Å². The Morgan fingerprint density at radius 3 is 2.55 bits per heavy atom. The number of carbonyl (C=O) groups is 1. The van der Waals surface area contributed by atoms with E-state index in [1.807, 2.05) is 30.3 Å². The Morgan fingerprint density at radius 1 is 1.06 bits per heavy atom. The normalized spacial score (nSPS) is 20.0. The topological polar surface area (TPSA) is 98.5 Å². The Balaban J connectivity index is 1.56. The third kappa shape index (κ3) is 3.20. The highest BCUT2D eigenvalue weighted by Crippen LogP contribution is 2.45. The number of hydrogen-bond acceptors (Lipinski definition) is 7. The van der Waals surface area contributed by atoms with Gasteiger partial charge in [0.05, 0.1) is 14.2 Å². The fourth-order valence-corrected chi connectivity index (χ4v) is 4.45. The van der Waals surface area contributed by atoms with Crippen LogP contribution in [0.3, 0.4) is 0 Å². The smallest absolute Gasteiger partial charge is 0.226 e. The molecule has 1 aliphatic heterocycles. The zero-order chi connectivity index (χ0) is 21.5. The van der Waals surface area contributed by atoms with Crippen LogP contribution in [0.2, 0.25) is 0 Å². The van der Waals surface area contributed by atoms with Crippen molar-refractivity contribution in [2.45, 2.75) is 24.8 Å². The van der Waals surface area contributed by atoms with Crippen LogP contribution in [0.4, 0.5) is 5.95 Å². The van der Waals surface area contributed by atoms with E-state index in [1.54, 1.807) is 23.9 Å². The van der Waals surface area contributed by atoms with E-state index in [4.69, 9.17) is 9.47 Å². The van der Waals surface area contributed by atoms with Crippen molar-refractivity contribution in [1.82, 2.24) is 14.8 Å². The van der Waals surface area contributed by atoms with Crippen molar-refractivity contribution in [2.75, 3.05) is 19.5 Å². The van der Waals surface area contributed by atoms with Crippen LogP contribution in [0.1, 0.15) is 35.9 Å². The number of aromatic nitrogens is 3. The van der Waals surface area contributed by atoms with E-state index < -0.39 is 6.04 Å². The maximum Gasteiger partial charge on any atom is 0.226 e. The molecule has 0 unspecified atom stereocenters. The van der Waals surface area contributed by atoms with Gasteiger partial charge >= 0.3 is 0 Å². The van der Waals surface area contributed by atoms with Crippen molar-refractivity contribution in [3.63, 3.8) is 0 Å². The average Bonchev–Trinajstić information content (AvgIpc) is 3.25. The molecule has 2 heterocycles. The predicted octanol–water partition coefficient (Wildman–Crippen LogP) is 3.42. The molecule has 31 heavy (non-hydrogen) atoms. The molecule has 0 spiro atoms. The van der Waals surface area contributed by atoms with Crippen LogP contribution in [0.15, 0.2) is 60.1 Å². The van der Waals surface area contributed by atoms with Gasteiger partial charge in [0.25, 0.3) is 0 Å². The summed E-state index contributed by atoms with van der Waals surface area (Å²) >= 11 is 0. The van der Waals surface area contributed by atoms with Crippen LogP contribution in [-0.2, 0) is 4.79 Å². The first-order valence-electron chi connectivity index (χ1n) is 10.0. The van der Waals surface area contributed by atoms with E-state index in [-0.39, 0.29) is 17.5 Å². The summed E-state index contributed by atoms with van der Waals surface area (Å²) in [4.78, 5) is 17.7. The van der Waals surface area contributed by atoms with Gasteiger partial charge in [-0.3, -0.25) is 4.79 Å². The van der Waals surface area contributed by atoms with Crippen LogP contribution in [0, 0.1) is 0 Å².